The lowest BCUT2D eigenvalue weighted by molar-refractivity contribution is 0.507. The minimum atomic E-state index is -3.54. The standard InChI is InChI=1S/C18H22N2O2S.ClH/c1-12-6-9-18(13(2)10-12)23(21,22)20-17-5-3-4-14-11-15(19)7-8-16(14)17;/h6-11,17,20H,3-5,19H2,1-2H3;1H. The second-order valence-corrected chi connectivity index (χ2v) is 7.98. The van der Waals surface area contributed by atoms with Crippen LogP contribution in [0.3, 0.4) is 0 Å². The molecule has 0 bridgehead atoms. The fourth-order valence-corrected chi connectivity index (χ4v) is 4.78. The summed E-state index contributed by atoms with van der Waals surface area (Å²) in [5, 5.41) is 0. The van der Waals surface area contributed by atoms with Crippen molar-refractivity contribution >= 4 is 28.1 Å². The third kappa shape index (κ3) is 3.74. The third-order valence-electron chi connectivity index (χ3n) is 4.40. The second kappa shape index (κ2) is 7.13. The fraction of sp³-hybridized carbons (Fsp3) is 0.333. The van der Waals surface area contributed by atoms with Gasteiger partial charge in [0.25, 0.3) is 0 Å². The van der Waals surface area contributed by atoms with Gasteiger partial charge in [-0.25, -0.2) is 13.1 Å². The van der Waals surface area contributed by atoms with Crippen LogP contribution in [0.4, 0.5) is 5.69 Å². The first-order valence-electron chi connectivity index (χ1n) is 7.85. The van der Waals surface area contributed by atoms with Gasteiger partial charge in [-0.05, 0) is 68.0 Å². The Morgan fingerprint density at radius 3 is 2.58 bits per heavy atom. The molecule has 0 aromatic heterocycles. The summed E-state index contributed by atoms with van der Waals surface area (Å²) in [6, 6.07) is 10.9. The van der Waals surface area contributed by atoms with Gasteiger partial charge in [-0.3, -0.25) is 0 Å². The zero-order valence-electron chi connectivity index (χ0n) is 13.9. The van der Waals surface area contributed by atoms with E-state index in [0.29, 0.717) is 4.90 Å². The van der Waals surface area contributed by atoms with Gasteiger partial charge in [0.15, 0.2) is 0 Å². The van der Waals surface area contributed by atoms with Gasteiger partial charge in [0, 0.05) is 11.7 Å². The molecule has 2 aromatic carbocycles. The fourth-order valence-electron chi connectivity index (χ4n) is 3.31. The van der Waals surface area contributed by atoms with Gasteiger partial charge in [-0.2, -0.15) is 0 Å². The Morgan fingerprint density at radius 2 is 1.88 bits per heavy atom. The number of hydrogen-bond donors (Lipinski definition) is 2. The molecule has 0 fully saturated rings. The molecule has 6 heteroatoms. The Hall–Kier alpha value is -1.56. The Morgan fingerprint density at radius 1 is 1.12 bits per heavy atom. The van der Waals surface area contributed by atoms with Gasteiger partial charge < -0.3 is 5.73 Å². The van der Waals surface area contributed by atoms with Crippen molar-refractivity contribution in [3.05, 3.63) is 58.7 Å². The summed E-state index contributed by atoms with van der Waals surface area (Å²) in [5.41, 5.74) is 10.6. The van der Waals surface area contributed by atoms with Crippen LogP contribution in [0, 0.1) is 13.8 Å². The zero-order valence-corrected chi connectivity index (χ0v) is 15.5. The maximum atomic E-state index is 12.8. The van der Waals surface area contributed by atoms with E-state index in [1.165, 1.54) is 0 Å². The van der Waals surface area contributed by atoms with Gasteiger partial charge in [0.2, 0.25) is 10.0 Å². The molecule has 2 aromatic rings. The number of fused-ring (bicyclic) bond motifs is 1. The molecule has 0 aliphatic heterocycles. The molecule has 130 valence electrons. The van der Waals surface area contributed by atoms with Crippen molar-refractivity contribution in [3.63, 3.8) is 0 Å². The van der Waals surface area contributed by atoms with Crippen LogP contribution >= 0.6 is 12.4 Å². The Bertz CT molecular complexity index is 850. The maximum Gasteiger partial charge on any atom is 0.241 e. The smallest absolute Gasteiger partial charge is 0.241 e. The summed E-state index contributed by atoms with van der Waals surface area (Å²) in [6.45, 7) is 3.79. The zero-order chi connectivity index (χ0) is 16.6. The van der Waals surface area contributed by atoms with E-state index < -0.39 is 10.0 Å². The van der Waals surface area contributed by atoms with Crippen molar-refractivity contribution in [1.29, 1.82) is 0 Å². The first kappa shape index (κ1) is 18.8. The van der Waals surface area contributed by atoms with Gasteiger partial charge in [-0.1, -0.05) is 23.8 Å². The molecule has 1 aliphatic rings. The second-order valence-electron chi connectivity index (χ2n) is 6.29. The van der Waals surface area contributed by atoms with Crippen LogP contribution in [0.15, 0.2) is 41.3 Å². The van der Waals surface area contributed by atoms with Gasteiger partial charge >= 0.3 is 0 Å². The maximum absolute atomic E-state index is 12.8. The van der Waals surface area contributed by atoms with Crippen molar-refractivity contribution in [2.45, 2.75) is 44.0 Å². The molecule has 0 radical (unpaired) electrons. The van der Waals surface area contributed by atoms with E-state index in [4.69, 9.17) is 5.73 Å². The molecule has 1 unspecified atom stereocenters. The number of nitrogens with two attached hydrogens (primary N) is 1. The first-order valence-corrected chi connectivity index (χ1v) is 9.33. The molecule has 0 saturated heterocycles. The van der Waals surface area contributed by atoms with Crippen molar-refractivity contribution in [2.24, 2.45) is 0 Å². The van der Waals surface area contributed by atoms with E-state index in [9.17, 15) is 8.42 Å². The SMILES string of the molecule is Cc1ccc(S(=O)(=O)NC2CCCc3cc(N)ccc32)c(C)c1.Cl. The lowest BCUT2D eigenvalue weighted by Gasteiger charge is -2.26. The van der Waals surface area contributed by atoms with Gasteiger partial charge in [-0.15, -0.1) is 12.4 Å². The third-order valence-corrected chi connectivity index (χ3v) is 6.03. The van der Waals surface area contributed by atoms with Crippen molar-refractivity contribution in [2.75, 3.05) is 5.73 Å². The average Bonchev–Trinajstić information content (AvgIpc) is 2.46. The van der Waals surface area contributed by atoms with E-state index in [1.54, 1.807) is 6.07 Å². The highest BCUT2D eigenvalue weighted by Crippen LogP contribution is 2.32. The molecule has 0 saturated carbocycles. The summed E-state index contributed by atoms with van der Waals surface area (Å²) in [6.07, 6.45) is 2.71. The first-order chi connectivity index (χ1) is 10.9. The number of rotatable bonds is 3. The molecular weight excluding hydrogens is 344 g/mol. The minimum Gasteiger partial charge on any atom is -0.399 e. The minimum absolute atomic E-state index is 0. The van der Waals surface area contributed by atoms with E-state index >= 15 is 0 Å². The van der Waals surface area contributed by atoms with Gasteiger partial charge in [0.1, 0.15) is 0 Å². The molecule has 4 nitrogen and oxygen atoms in total. The van der Waals surface area contributed by atoms with E-state index in [-0.39, 0.29) is 18.4 Å². The molecular formula is C18H23ClN2O2S. The van der Waals surface area contributed by atoms with E-state index in [0.717, 1.165) is 47.2 Å². The van der Waals surface area contributed by atoms with Crippen molar-refractivity contribution in [1.82, 2.24) is 4.72 Å². The largest absolute Gasteiger partial charge is 0.399 e. The normalized spacial score (nSPS) is 17.0. The quantitative estimate of drug-likeness (QED) is 0.814. The topological polar surface area (TPSA) is 72.2 Å². The van der Waals surface area contributed by atoms with Crippen LogP contribution in [-0.2, 0) is 16.4 Å². The van der Waals surface area contributed by atoms with E-state index in [2.05, 4.69) is 4.72 Å². The summed E-state index contributed by atoms with van der Waals surface area (Å²) in [4.78, 5) is 0.352. The number of halogens is 1. The number of nitrogens with one attached hydrogen (secondary N) is 1. The average molecular weight is 367 g/mol. The molecule has 1 aliphatic carbocycles. The molecule has 24 heavy (non-hydrogen) atoms. The number of hydrogen-bond acceptors (Lipinski definition) is 3. The van der Waals surface area contributed by atoms with Crippen molar-refractivity contribution in [3.8, 4) is 0 Å². The Kier molecular flexibility index (Phi) is 5.58. The molecule has 3 rings (SSSR count). The van der Waals surface area contributed by atoms with Crippen LogP contribution in [-0.4, -0.2) is 8.42 Å². The molecule has 0 amide bonds. The van der Waals surface area contributed by atoms with Crippen LogP contribution in [0.1, 0.15) is 41.1 Å². The van der Waals surface area contributed by atoms with E-state index in [1.807, 2.05) is 44.2 Å². The summed E-state index contributed by atoms with van der Waals surface area (Å²) >= 11 is 0. The van der Waals surface area contributed by atoms with Gasteiger partial charge in [0.05, 0.1) is 4.90 Å². The predicted molar refractivity (Wildman–Crippen MR) is 100 cm³/mol. The highest BCUT2D eigenvalue weighted by Gasteiger charge is 2.26. The lowest BCUT2D eigenvalue weighted by Crippen LogP contribution is -2.31. The van der Waals surface area contributed by atoms with Crippen molar-refractivity contribution < 1.29 is 8.42 Å². The monoisotopic (exact) mass is 366 g/mol. The summed E-state index contributed by atoms with van der Waals surface area (Å²) < 4.78 is 28.4. The molecule has 0 spiro atoms. The summed E-state index contributed by atoms with van der Waals surface area (Å²) in [7, 11) is -3.54. The number of nitrogen functional groups attached to an aromatic ring is 1. The summed E-state index contributed by atoms with van der Waals surface area (Å²) in [5.74, 6) is 0. The number of anilines is 1. The van der Waals surface area contributed by atoms with Crippen LogP contribution < -0.4 is 10.5 Å². The molecule has 3 N–H and O–H groups in total. The van der Waals surface area contributed by atoms with Crippen LogP contribution in [0.5, 0.6) is 0 Å². The number of sulfonamides is 1. The lowest BCUT2D eigenvalue weighted by atomic mass is 9.88. The number of benzene rings is 2. The highest BCUT2D eigenvalue weighted by atomic mass is 35.5. The highest BCUT2D eigenvalue weighted by molar-refractivity contribution is 7.89. The predicted octanol–water partition coefficient (Wildman–Crippen LogP) is 3.66. The van der Waals surface area contributed by atoms with Crippen LogP contribution in [0.2, 0.25) is 0 Å². The molecule has 0 heterocycles. The number of aryl methyl sites for hydroxylation is 3. The Balaban J connectivity index is 0.00000208. The Labute approximate surface area is 149 Å². The van der Waals surface area contributed by atoms with Crippen LogP contribution in [0.25, 0.3) is 0 Å². The molecule has 1 atom stereocenters.